The summed E-state index contributed by atoms with van der Waals surface area (Å²) in [4.78, 5) is 50.2. The zero-order valence-electron chi connectivity index (χ0n) is 13.6. The Morgan fingerprint density at radius 2 is 1.24 bits per heavy atom. The van der Waals surface area contributed by atoms with E-state index in [0.29, 0.717) is 18.2 Å². The summed E-state index contributed by atoms with van der Waals surface area (Å²) in [7, 11) is 0. The lowest BCUT2D eigenvalue weighted by Gasteiger charge is -2.07. The van der Waals surface area contributed by atoms with Crippen LogP contribution in [0, 0.1) is 56.1 Å². The summed E-state index contributed by atoms with van der Waals surface area (Å²) in [6.07, 6.45) is 0. The van der Waals surface area contributed by atoms with E-state index in [0.717, 1.165) is 0 Å². The predicted molar refractivity (Wildman–Crippen MR) is 90.0 cm³/mol. The molecule has 2 aromatic rings. The Hall–Kier alpha value is -4.96. The molecule has 0 bridgehead atoms. The van der Waals surface area contributed by atoms with Gasteiger partial charge < -0.3 is 0 Å². The van der Waals surface area contributed by atoms with Crippen molar-refractivity contribution in [3.8, 4) is 11.1 Å². The minimum absolute atomic E-state index is 0.265. The molecule has 2 aromatic carbocycles. The van der Waals surface area contributed by atoms with Gasteiger partial charge in [-0.25, -0.2) is 5.53 Å². The van der Waals surface area contributed by atoms with E-state index in [9.17, 15) is 50.6 Å². The predicted octanol–water partition coefficient (Wildman–Crippen LogP) is 3.56. The molecule has 0 fully saturated rings. The number of benzene rings is 2. The van der Waals surface area contributed by atoms with Crippen molar-refractivity contribution < 1.29 is 24.6 Å². The van der Waals surface area contributed by atoms with E-state index in [4.69, 9.17) is 5.53 Å². The van der Waals surface area contributed by atoms with Crippen molar-refractivity contribution in [3.05, 3.63) is 74.8 Å². The van der Waals surface area contributed by atoms with Gasteiger partial charge in [-0.1, -0.05) is 0 Å². The van der Waals surface area contributed by atoms with E-state index in [2.05, 4.69) is 5.11 Å². The highest BCUT2D eigenvalue weighted by Gasteiger charge is 2.40. The molecule has 2 rings (SSSR count). The largest absolute Gasteiger partial charge is 0.318 e. The third-order valence-electron chi connectivity index (χ3n) is 3.58. The van der Waals surface area contributed by atoms with Crippen molar-refractivity contribution in [1.82, 2.24) is 0 Å². The lowest BCUT2D eigenvalue weighted by molar-refractivity contribution is -0.401. The molecule has 0 aliphatic heterocycles. The molecule has 0 radical (unpaired) electrons. The van der Waals surface area contributed by atoms with Crippen molar-refractivity contribution in [1.29, 1.82) is 5.53 Å². The van der Waals surface area contributed by atoms with Gasteiger partial charge in [0, 0.05) is 6.07 Å². The van der Waals surface area contributed by atoms with E-state index in [1.165, 1.54) is 0 Å². The van der Waals surface area contributed by atoms with Crippen LogP contribution in [0.3, 0.4) is 0 Å². The van der Waals surface area contributed by atoms with Gasteiger partial charge >= 0.3 is 11.4 Å². The first-order chi connectivity index (χ1) is 13.5. The van der Waals surface area contributed by atoms with Crippen LogP contribution in [0.1, 0.15) is 0 Å². The first kappa shape index (κ1) is 20.4. The standard InChI is InChI=1S/C12H5N7O10/c13-14-11-9(18(26)27)4-8(17(24)25)10(12(11)19(28)29)6-2-1-5(15(20)21)3-7(6)16(22)23/h1-4,13H. The molecule has 1 N–H and O–H groups in total. The van der Waals surface area contributed by atoms with Crippen LogP contribution in [-0.4, -0.2) is 24.6 Å². The molecular formula is C12H5N7O10. The summed E-state index contributed by atoms with van der Waals surface area (Å²) in [6.45, 7) is 0. The van der Waals surface area contributed by atoms with Crippen molar-refractivity contribution in [2.45, 2.75) is 0 Å². The second-order valence-electron chi connectivity index (χ2n) is 5.09. The Balaban J connectivity index is 3.14. The van der Waals surface area contributed by atoms with E-state index < -0.39 is 69.9 Å². The highest BCUT2D eigenvalue weighted by molar-refractivity contribution is 5.95. The Kier molecular flexibility index (Phi) is 5.15. The molecule has 0 heterocycles. The second kappa shape index (κ2) is 7.34. The molecule has 148 valence electrons. The molecule has 0 saturated heterocycles. The maximum Gasteiger partial charge on any atom is 0.318 e. The maximum atomic E-state index is 11.5. The fourth-order valence-corrected chi connectivity index (χ4v) is 2.46. The van der Waals surface area contributed by atoms with Gasteiger partial charge in [0.1, 0.15) is 5.56 Å². The number of hydrogen-bond acceptors (Lipinski definition) is 12. The van der Waals surface area contributed by atoms with Gasteiger partial charge in [0.15, 0.2) is 0 Å². The van der Waals surface area contributed by atoms with Gasteiger partial charge in [-0.05, 0) is 6.07 Å². The van der Waals surface area contributed by atoms with Gasteiger partial charge in [-0.3, -0.25) is 50.6 Å². The zero-order valence-corrected chi connectivity index (χ0v) is 13.6. The molecule has 0 saturated carbocycles. The number of nitrogens with zero attached hydrogens (tertiary/aromatic N) is 6. The minimum atomic E-state index is -1.40. The fourth-order valence-electron chi connectivity index (χ4n) is 2.46. The molecule has 0 aliphatic rings. The SMILES string of the molecule is N=Nc1c([N+](=O)[O-])cc([N+](=O)[O-])c(-c2ccc([N+](=O)[O-])cc2[N+](=O)[O-])c1[N+](=O)[O-]. The molecule has 0 atom stereocenters. The Bertz CT molecular complexity index is 1130. The van der Waals surface area contributed by atoms with Crippen LogP contribution < -0.4 is 0 Å². The van der Waals surface area contributed by atoms with E-state index in [-0.39, 0.29) is 6.07 Å². The number of nitro benzene ring substituents is 5. The maximum absolute atomic E-state index is 11.5. The number of nitrogens with one attached hydrogen (secondary N) is 1. The summed E-state index contributed by atoms with van der Waals surface area (Å²) < 4.78 is 0. The van der Waals surface area contributed by atoms with E-state index in [1.54, 1.807) is 0 Å². The Morgan fingerprint density at radius 3 is 1.66 bits per heavy atom. The first-order valence-electron chi connectivity index (χ1n) is 6.96. The topological polar surface area (TPSA) is 252 Å². The third kappa shape index (κ3) is 3.49. The first-order valence-corrected chi connectivity index (χ1v) is 6.96. The number of non-ortho nitro benzene ring substituents is 1. The smallest absolute Gasteiger partial charge is 0.258 e. The highest BCUT2D eigenvalue weighted by atomic mass is 16.6. The van der Waals surface area contributed by atoms with Crippen LogP contribution in [0.4, 0.5) is 34.1 Å². The summed E-state index contributed by atoms with van der Waals surface area (Å²) in [5, 5.41) is 58.9. The summed E-state index contributed by atoms with van der Waals surface area (Å²) in [5.41, 5.74) is -1.82. The monoisotopic (exact) mass is 407 g/mol. The Labute approximate surface area is 156 Å². The Morgan fingerprint density at radius 1 is 0.690 bits per heavy atom. The van der Waals surface area contributed by atoms with Crippen molar-refractivity contribution >= 4 is 34.1 Å². The van der Waals surface area contributed by atoms with Crippen molar-refractivity contribution in [2.75, 3.05) is 0 Å². The van der Waals surface area contributed by atoms with Gasteiger partial charge in [0.25, 0.3) is 17.1 Å². The lowest BCUT2D eigenvalue weighted by Crippen LogP contribution is -2.03. The van der Waals surface area contributed by atoms with Crippen molar-refractivity contribution in [3.63, 3.8) is 0 Å². The van der Waals surface area contributed by atoms with Crippen LogP contribution in [0.2, 0.25) is 0 Å². The lowest BCUT2D eigenvalue weighted by atomic mass is 9.97. The molecule has 17 heteroatoms. The average Bonchev–Trinajstić information content (AvgIpc) is 2.64. The van der Waals surface area contributed by atoms with Crippen LogP contribution >= 0.6 is 0 Å². The highest BCUT2D eigenvalue weighted by Crippen LogP contribution is 2.51. The minimum Gasteiger partial charge on any atom is -0.258 e. The van der Waals surface area contributed by atoms with Crippen LogP contribution in [0.5, 0.6) is 0 Å². The summed E-state index contributed by atoms with van der Waals surface area (Å²) in [6, 6.07) is 2.04. The number of nitro groups is 5. The molecule has 0 spiro atoms. The van der Waals surface area contributed by atoms with Crippen LogP contribution in [0.25, 0.3) is 11.1 Å². The third-order valence-corrected chi connectivity index (χ3v) is 3.58. The number of hydrogen-bond donors (Lipinski definition) is 1. The fraction of sp³-hybridized carbons (Fsp3) is 0. The van der Waals surface area contributed by atoms with E-state index >= 15 is 0 Å². The molecule has 17 nitrogen and oxygen atoms in total. The normalized spacial score (nSPS) is 10.2. The van der Waals surface area contributed by atoms with Gasteiger partial charge in [-0.2, -0.15) is 0 Å². The van der Waals surface area contributed by atoms with Gasteiger partial charge in [0.2, 0.25) is 5.69 Å². The van der Waals surface area contributed by atoms with Crippen LogP contribution in [-0.2, 0) is 0 Å². The van der Waals surface area contributed by atoms with Crippen LogP contribution in [0.15, 0.2) is 29.4 Å². The van der Waals surface area contributed by atoms with Gasteiger partial charge in [-0.15, -0.1) is 5.11 Å². The average molecular weight is 407 g/mol. The molecule has 0 aromatic heterocycles. The second-order valence-corrected chi connectivity index (χ2v) is 5.09. The van der Waals surface area contributed by atoms with E-state index in [1.807, 2.05) is 0 Å². The number of rotatable bonds is 7. The molecule has 0 aliphatic carbocycles. The van der Waals surface area contributed by atoms with Crippen molar-refractivity contribution in [2.24, 2.45) is 5.11 Å². The molecule has 29 heavy (non-hydrogen) atoms. The quantitative estimate of drug-likeness (QED) is 0.396. The molecular weight excluding hydrogens is 402 g/mol. The molecule has 0 amide bonds. The summed E-state index contributed by atoms with van der Waals surface area (Å²) in [5.74, 6) is 0. The van der Waals surface area contributed by atoms with Gasteiger partial charge in [0.05, 0.1) is 42.3 Å². The zero-order chi connectivity index (χ0) is 22.0. The summed E-state index contributed by atoms with van der Waals surface area (Å²) >= 11 is 0. The molecule has 0 unspecified atom stereocenters.